The minimum atomic E-state index is -5.40. The molecule has 0 radical (unpaired) electrons. The zero-order valence-corrected chi connectivity index (χ0v) is 5.27. The van der Waals surface area contributed by atoms with Crippen LogP contribution in [0.2, 0.25) is 0 Å². The first-order valence-electron chi connectivity index (χ1n) is 2.07. The maximum Gasteiger partial charge on any atom is 0.452 e. The molecule has 0 atom stereocenters. The smallest absolute Gasteiger partial charge is 0.255 e. The van der Waals surface area contributed by atoms with Crippen LogP contribution in [0.4, 0.5) is 26.3 Å². The van der Waals surface area contributed by atoms with E-state index in [0.29, 0.717) is 7.18 Å². The van der Waals surface area contributed by atoms with E-state index in [2.05, 4.69) is 0 Å². The van der Waals surface area contributed by atoms with Crippen LogP contribution in [0.1, 0.15) is 6.92 Å². The second-order valence-corrected chi connectivity index (χ2v) is 1.39. The van der Waals surface area contributed by atoms with Gasteiger partial charge in [0.2, 0.25) is 0 Å². The van der Waals surface area contributed by atoms with Crippen LogP contribution in [0.15, 0.2) is 0 Å². The molecule has 0 aliphatic rings. The van der Waals surface area contributed by atoms with Gasteiger partial charge in [0.25, 0.3) is 0 Å². The quantitative estimate of drug-likeness (QED) is 0.488. The minimum absolute atomic E-state index is 0.188. The summed E-state index contributed by atoms with van der Waals surface area (Å²) in [6.45, 7) is -0.188. The van der Waals surface area contributed by atoms with Crippen LogP contribution in [0.25, 0.3) is 0 Å². The van der Waals surface area contributed by atoms with Crippen molar-refractivity contribution in [1.29, 1.82) is 0 Å². The lowest BCUT2D eigenvalue weighted by atomic mass is 10.4. The van der Waals surface area contributed by atoms with Crippen LogP contribution in [-0.2, 0) is 0 Å². The Morgan fingerprint density at radius 3 is 0.900 bits per heavy atom. The Balaban J connectivity index is 0. The Hall–Kier alpha value is -0.420. The molecule has 0 heterocycles. The molecule has 64 valence electrons. The lowest BCUT2D eigenvalue weighted by molar-refractivity contribution is -0.273. The fourth-order valence-electron chi connectivity index (χ4n) is 0. The number of rotatable bonds is 0. The molecule has 0 amide bonds. The highest BCUT2D eigenvalue weighted by Crippen LogP contribution is 2.34. The maximum atomic E-state index is 11.1. The molecule has 0 spiro atoms. The Bertz CT molecular complexity index is 64.7. The summed E-state index contributed by atoms with van der Waals surface area (Å²) in [5, 5.41) is 0. The highest BCUT2D eigenvalue weighted by atomic mass is 19.4. The van der Waals surface area contributed by atoms with Crippen LogP contribution in [-0.4, -0.2) is 19.3 Å². The molecule has 0 saturated heterocycles. The summed E-state index contributed by atoms with van der Waals surface area (Å²) in [5.41, 5.74) is 0. The van der Waals surface area contributed by atoms with Gasteiger partial charge < -0.3 is 0 Å². The zero-order valence-electron chi connectivity index (χ0n) is 5.27. The van der Waals surface area contributed by atoms with Gasteiger partial charge in [-0.1, -0.05) is 0 Å². The van der Waals surface area contributed by atoms with E-state index in [-0.39, 0.29) is 6.92 Å². The third-order valence-electron chi connectivity index (χ3n) is 0.498. The first-order chi connectivity index (χ1) is 4.25. The van der Waals surface area contributed by atoms with Crippen LogP contribution in [0.3, 0.4) is 0 Å². The fraction of sp³-hybridized carbons (Fsp3) is 1.00. The van der Waals surface area contributed by atoms with Crippen molar-refractivity contribution in [2.75, 3.05) is 7.18 Å². The maximum absolute atomic E-state index is 11.1. The van der Waals surface area contributed by atoms with Crippen molar-refractivity contribution in [3.05, 3.63) is 0 Å². The number of halogens is 6. The Morgan fingerprint density at radius 2 is 0.900 bits per heavy atom. The largest absolute Gasteiger partial charge is 0.452 e. The van der Waals surface area contributed by atoms with E-state index in [0.717, 1.165) is 0 Å². The van der Waals surface area contributed by atoms with Gasteiger partial charge >= 0.3 is 12.1 Å². The van der Waals surface area contributed by atoms with Gasteiger partial charge in [0.05, 0.1) is 7.18 Å². The number of hydrogen-bond donors (Lipinski definition) is 0. The van der Waals surface area contributed by atoms with Crippen molar-refractivity contribution < 1.29 is 26.3 Å². The summed E-state index contributed by atoms with van der Waals surface area (Å²) in [6, 6.07) is 0. The summed E-state index contributed by atoms with van der Waals surface area (Å²) < 4.78 is 64.1. The second-order valence-electron chi connectivity index (χ2n) is 1.39. The van der Waals surface area contributed by atoms with Gasteiger partial charge in [-0.2, -0.15) is 22.0 Å². The molecule has 0 aromatic carbocycles. The molecule has 0 bridgehead atoms. The first kappa shape index (κ1) is 12.3. The van der Waals surface area contributed by atoms with Crippen LogP contribution >= 0.6 is 0 Å². The van der Waals surface area contributed by atoms with Gasteiger partial charge in [0.1, 0.15) is 0 Å². The molecule has 0 N–H and O–H groups in total. The van der Waals surface area contributed by atoms with Crippen LogP contribution < -0.4 is 0 Å². The van der Waals surface area contributed by atoms with Crippen molar-refractivity contribution in [2.45, 2.75) is 19.0 Å². The standard InChI is InChI=1S/C3H3F5.CH3F/c1-2(4,5)3(6,7)8;1-2/h1H3;1H3. The third kappa shape index (κ3) is 4.46. The summed E-state index contributed by atoms with van der Waals surface area (Å²) in [5.74, 6) is -4.56. The molecule has 10 heavy (non-hydrogen) atoms. The van der Waals surface area contributed by atoms with Crippen molar-refractivity contribution in [3.63, 3.8) is 0 Å². The molecule has 0 saturated carbocycles. The lowest BCUT2D eigenvalue weighted by Gasteiger charge is -2.12. The summed E-state index contributed by atoms with van der Waals surface area (Å²) >= 11 is 0. The highest BCUT2D eigenvalue weighted by molar-refractivity contribution is 4.67. The molecular weight excluding hydrogens is 162 g/mol. The van der Waals surface area contributed by atoms with Crippen molar-refractivity contribution >= 4 is 0 Å². The first-order valence-corrected chi connectivity index (χ1v) is 2.07. The van der Waals surface area contributed by atoms with Crippen molar-refractivity contribution in [2.24, 2.45) is 0 Å². The molecule has 0 rings (SSSR count). The van der Waals surface area contributed by atoms with Gasteiger partial charge in [-0.3, -0.25) is 4.39 Å². The average Bonchev–Trinajstić information content (AvgIpc) is 1.66. The number of alkyl halides is 6. The topological polar surface area (TPSA) is 0 Å². The predicted octanol–water partition coefficient (Wildman–Crippen LogP) is 2.79. The SMILES string of the molecule is CC(F)(F)C(F)(F)F.CF. The summed E-state index contributed by atoms with van der Waals surface area (Å²) in [4.78, 5) is 0. The lowest BCUT2D eigenvalue weighted by Crippen LogP contribution is -2.32. The van der Waals surface area contributed by atoms with Crippen LogP contribution in [0, 0.1) is 0 Å². The molecule has 6 heteroatoms. The van der Waals surface area contributed by atoms with Gasteiger partial charge in [0.15, 0.2) is 0 Å². The van der Waals surface area contributed by atoms with E-state index in [4.69, 9.17) is 0 Å². The predicted molar refractivity (Wildman–Crippen MR) is 23.7 cm³/mol. The van der Waals surface area contributed by atoms with Gasteiger partial charge in [-0.25, -0.2) is 0 Å². The van der Waals surface area contributed by atoms with E-state index >= 15 is 0 Å². The van der Waals surface area contributed by atoms with Gasteiger partial charge in [-0.15, -0.1) is 0 Å². The Morgan fingerprint density at radius 1 is 0.800 bits per heavy atom. The molecule has 0 aliphatic heterocycles. The molecule has 0 nitrogen and oxygen atoms in total. The van der Waals surface area contributed by atoms with Gasteiger partial charge in [-0.05, 0) is 0 Å². The monoisotopic (exact) mass is 168 g/mol. The third-order valence-corrected chi connectivity index (χ3v) is 0.498. The normalized spacial score (nSPS) is 12.0. The van der Waals surface area contributed by atoms with E-state index in [1.54, 1.807) is 0 Å². The summed E-state index contributed by atoms with van der Waals surface area (Å²) in [7, 11) is 0.500. The van der Waals surface area contributed by atoms with Crippen molar-refractivity contribution in [1.82, 2.24) is 0 Å². The van der Waals surface area contributed by atoms with Crippen LogP contribution in [0.5, 0.6) is 0 Å². The average molecular weight is 168 g/mol. The highest BCUT2D eigenvalue weighted by Gasteiger charge is 2.52. The Kier molecular flexibility index (Phi) is 4.51. The second kappa shape index (κ2) is 3.68. The number of hydrogen-bond acceptors (Lipinski definition) is 0. The molecular formula is C4H6F6. The molecule has 0 unspecified atom stereocenters. The van der Waals surface area contributed by atoms with Gasteiger partial charge in [0, 0.05) is 6.92 Å². The van der Waals surface area contributed by atoms with E-state index in [9.17, 15) is 26.3 Å². The molecule has 0 aliphatic carbocycles. The minimum Gasteiger partial charge on any atom is -0.255 e. The molecule has 0 aromatic heterocycles. The fourth-order valence-corrected chi connectivity index (χ4v) is 0. The van der Waals surface area contributed by atoms with E-state index < -0.39 is 12.1 Å². The molecule has 0 aromatic rings. The zero-order chi connectivity index (χ0) is 9.00. The Labute approximate surface area is 53.8 Å². The van der Waals surface area contributed by atoms with E-state index in [1.807, 2.05) is 0 Å². The summed E-state index contributed by atoms with van der Waals surface area (Å²) in [6.07, 6.45) is -5.40. The van der Waals surface area contributed by atoms with E-state index in [1.165, 1.54) is 0 Å². The molecule has 0 fully saturated rings. The van der Waals surface area contributed by atoms with Crippen molar-refractivity contribution in [3.8, 4) is 0 Å².